The summed E-state index contributed by atoms with van der Waals surface area (Å²) in [6.45, 7) is 0. The minimum Gasteiger partial charge on any atom is -0.506 e. The predicted octanol–water partition coefficient (Wildman–Crippen LogP) is 4.32. The zero-order chi connectivity index (χ0) is 16.4. The molecule has 1 amide bonds. The Morgan fingerprint density at radius 1 is 1.26 bits per heavy atom. The second-order valence-corrected chi connectivity index (χ2v) is 6.03. The number of aromatic hydroxyl groups is 1. The summed E-state index contributed by atoms with van der Waals surface area (Å²) in [5.74, 6) is -0.307. The Morgan fingerprint density at radius 2 is 2.09 bits per heavy atom. The first-order valence-corrected chi connectivity index (χ1v) is 7.71. The molecule has 0 saturated heterocycles. The molecule has 1 heterocycles. The van der Waals surface area contributed by atoms with Crippen LogP contribution in [0.5, 0.6) is 5.75 Å². The van der Waals surface area contributed by atoms with Crippen molar-refractivity contribution in [1.29, 1.82) is 0 Å². The van der Waals surface area contributed by atoms with Gasteiger partial charge in [-0.15, -0.1) is 0 Å². The highest BCUT2D eigenvalue weighted by atomic mass is 79.9. The molecular weight excluding hydrogens is 384 g/mol. The fraction of sp³-hybridized carbons (Fsp3) is 0. The fourth-order valence-corrected chi connectivity index (χ4v) is 2.52. The molecule has 0 aliphatic heterocycles. The molecule has 0 bridgehead atoms. The van der Waals surface area contributed by atoms with Crippen LogP contribution in [0.25, 0.3) is 11.0 Å². The fourth-order valence-electron chi connectivity index (χ4n) is 1.95. The maximum atomic E-state index is 12.0. The number of fused-ring (bicyclic) bond motifs is 1. The number of benzene rings is 2. The number of carbonyl (C=O) groups is 1. The molecule has 7 heteroatoms. The molecule has 3 rings (SSSR count). The normalized spacial score (nSPS) is 11.2. The van der Waals surface area contributed by atoms with E-state index in [9.17, 15) is 9.90 Å². The molecule has 0 saturated carbocycles. The van der Waals surface area contributed by atoms with Crippen LogP contribution >= 0.6 is 27.5 Å². The monoisotopic (exact) mass is 392 g/mol. The smallest absolute Gasteiger partial charge is 0.307 e. The SMILES string of the molecule is O=C(N/N=C/c1ccc(O)c(Cl)c1)c1cc2cc(Br)ccc2o1. The van der Waals surface area contributed by atoms with Gasteiger partial charge in [-0.1, -0.05) is 27.5 Å². The van der Waals surface area contributed by atoms with Crippen LogP contribution in [-0.2, 0) is 0 Å². The van der Waals surface area contributed by atoms with Gasteiger partial charge in [0.2, 0.25) is 0 Å². The number of nitrogens with one attached hydrogen (secondary N) is 1. The molecule has 0 spiro atoms. The van der Waals surface area contributed by atoms with E-state index in [-0.39, 0.29) is 16.5 Å². The van der Waals surface area contributed by atoms with Crippen LogP contribution in [0.3, 0.4) is 0 Å². The van der Waals surface area contributed by atoms with Gasteiger partial charge in [0.25, 0.3) is 0 Å². The summed E-state index contributed by atoms with van der Waals surface area (Å²) in [4.78, 5) is 12.0. The van der Waals surface area contributed by atoms with Crippen molar-refractivity contribution in [2.45, 2.75) is 0 Å². The number of furan rings is 1. The van der Waals surface area contributed by atoms with Gasteiger partial charge in [0.15, 0.2) is 5.76 Å². The summed E-state index contributed by atoms with van der Waals surface area (Å²) < 4.78 is 6.36. The van der Waals surface area contributed by atoms with E-state index in [4.69, 9.17) is 16.0 Å². The largest absolute Gasteiger partial charge is 0.506 e. The molecular formula is C16H10BrClN2O3. The molecule has 116 valence electrons. The number of halogens is 2. The van der Waals surface area contributed by atoms with Crippen LogP contribution in [0.1, 0.15) is 16.1 Å². The predicted molar refractivity (Wildman–Crippen MR) is 92.1 cm³/mol. The second-order valence-electron chi connectivity index (χ2n) is 4.70. The van der Waals surface area contributed by atoms with Crippen molar-refractivity contribution in [2.75, 3.05) is 0 Å². The summed E-state index contributed by atoms with van der Waals surface area (Å²) in [5.41, 5.74) is 3.64. The Hall–Kier alpha value is -2.31. The molecule has 3 aromatic rings. The third-order valence-corrected chi connectivity index (χ3v) is 3.85. The molecule has 0 aliphatic carbocycles. The molecule has 0 fully saturated rings. The van der Waals surface area contributed by atoms with Gasteiger partial charge >= 0.3 is 5.91 Å². The summed E-state index contributed by atoms with van der Waals surface area (Å²) >= 11 is 9.15. The van der Waals surface area contributed by atoms with Gasteiger partial charge in [-0.3, -0.25) is 4.79 Å². The second kappa shape index (κ2) is 6.44. The standard InChI is InChI=1S/C16H10BrClN2O3/c17-11-2-4-14-10(6-11)7-15(23-14)16(22)20-19-8-9-1-3-13(21)12(18)5-9/h1-8,21H,(H,20,22)/b19-8+. The van der Waals surface area contributed by atoms with Crippen LogP contribution < -0.4 is 5.43 Å². The molecule has 2 aromatic carbocycles. The van der Waals surface area contributed by atoms with Crippen molar-refractivity contribution in [1.82, 2.24) is 5.43 Å². The maximum Gasteiger partial charge on any atom is 0.307 e. The lowest BCUT2D eigenvalue weighted by Crippen LogP contribution is -2.16. The van der Waals surface area contributed by atoms with Crippen LogP contribution in [0.15, 0.2) is 56.5 Å². The molecule has 0 unspecified atom stereocenters. The number of carbonyl (C=O) groups excluding carboxylic acids is 1. The molecule has 5 nitrogen and oxygen atoms in total. The first kappa shape index (κ1) is 15.6. The van der Waals surface area contributed by atoms with Gasteiger partial charge in [0.05, 0.1) is 11.2 Å². The van der Waals surface area contributed by atoms with Crippen LogP contribution in [0, 0.1) is 0 Å². The molecule has 1 aromatic heterocycles. The number of nitrogens with zero attached hydrogens (tertiary/aromatic N) is 1. The highest BCUT2D eigenvalue weighted by Gasteiger charge is 2.11. The van der Waals surface area contributed by atoms with Crippen LogP contribution in [0.2, 0.25) is 5.02 Å². The molecule has 0 atom stereocenters. The number of rotatable bonds is 3. The molecule has 2 N–H and O–H groups in total. The Kier molecular flexibility index (Phi) is 4.36. The topological polar surface area (TPSA) is 74.8 Å². The number of phenols is 1. The van der Waals surface area contributed by atoms with Crippen molar-refractivity contribution < 1.29 is 14.3 Å². The first-order valence-electron chi connectivity index (χ1n) is 6.54. The number of phenolic OH excluding ortho intramolecular Hbond substituents is 1. The summed E-state index contributed by atoms with van der Waals surface area (Å²) in [7, 11) is 0. The quantitative estimate of drug-likeness (QED) is 0.514. The molecule has 0 aliphatic rings. The Labute approximate surface area is 144 Å². The molecule has 0 radical (unpaired) electrons. The third-order valence-electron chi connectivity index (χ3n) is 3.05. The maximum absolute atomic E-state index is 12.0. The van der Waals surface area contributed by atoms with Gasteiger partial charge in [0.1, 0.15) is 11.3 Å². The average molecular weight is 394 g/mol. The summed E-state index contributed by atoms with van der Waals surface area (Å²) in [5, 5.41) is 14.2. The van der Waals surface area contributed by atoms with Crippen molar-refractivity contribution in [3.05, 3.63) is 63.3 Å². The van der Waals surface area contributed by atoms with Crippen molar-refractivity contribution in [3.63, 3.8) is 0 Å². The zero-order valence-electron chi connectivity index (χ0n) is 11.6. The lowest BCUT2D eigenvalue weighted by atomic mass is 10.2. The number of amides is 1. The Morgan fingerprint density at radius 3 is 2.87 bits per heavy atom. The summed E-state index contributed by atoms with van der Waals surface area (Å²) in [6, 6.07) is 11.7. The van der Waals surface area contributed by atoms with Crippen LogP contribution in [-0.4, -0.2) is 17.2 Å². The Bertz CT molecular complexity index is 921. The average Bonchev–Trinajstić information content (AvgIpc) is 2.94. The zero-order valence-corrected chi connectivity index (χ0v) is 13.9. The van der Waals surface area contributed by atoms with E-state index in [0.29, 0.717) is 11.1 Å². The van der Waals surface area contributed by atoms with Gasteiger partial charge in [-0.2, -0.15) is 5.10 Å². The van der Waals surface area contributed by atoms with Crippen molar-refractivity contribution in [2.24, 2.45) is 5.10 Å². The number of hydrogen-bond donors (Lipinski definition) is 2. The van der Waals surface area contributed by atoms with Gasteiger partial charge < -0.3 is 9.52 Å². The van der Waals surface area contributed by atoms with E-state index < -0.39 is 5.91 Å². The number of hydrazone groups is 1. The van der Waals surface area contributed by atoms with E-state index in [1.165, 1.54) is 18.3 Å². The third kappa shape index (κ3) is 3.55. The minimum absolute atomic E-state index is 0.0127. The first-order chi connectivity index (χ1) is 11.0. The molecule has 23 heavy (non-hydrogen) atoms. The van der Waals surface area contributed by atoms with E-state index in [2.05, 4.69) is 26.5 Å². The van der Waals surface area contributed by atoms with Crippen molar-refractivity contribution in [3.8, 4) is 5.75 Å². The highest BCUT2D eigenvalue weighted by Crippen LogP contribution is 2.24. The van der Waals surface area contributed by atoms with E-state index >= 15 is 0 Å². The van der Waals surface area contributed by atoms with E-state index in [1.54, 1.807) is 18.2 Å². The lowest BCUT2D eigenvalue weighted by molar-refractivity contribution is 0.0929. The highest BCUT2D eigenvalue weighted by molar-refractivity contribution is 9.10. The number of hydrogen-bond acceptors (Lipinski definition) is 4. The summed E-state index contributed by atoms with van der Waals surface area (Å²) in [6.07, 6.45) is 1.42. The van der Waals surface area contributed by atoms with E-state index in [1.807, 2.05) is 12.1 Å². The Balaban J connectivity index is 1.72. The lowest BCUT2D eigenvalue weighted by Gasteiger charge is -1.98. The van der Waals surface area contributed by atoms with Crippen molar-refractivity contribution >= 4 is 50.6 Å². The van der Waals surface area contributed by atoms with Crippen LogP contribution in [0.4, 0.5) is 0 Å². The van der Waals surface area contributed by atoms with Gasteiger partial charge in [0, 0.05) is 9.86 Å². The van der Waals surface area contributed by atoms with Gasteiger partial charge in [-0.25, -0.2) is 5.43 Å². The van der Waals surface area contributed by atoms with E-state index in [0.717, 1.165) is 9.86 Å². The minimum atomic E-state index is -0.460. The van der Waals surface area contributed by atoms with Gasteiger partial charge in [-0.05, 0) is 48.0 Å².